The molecule has 96 valence electrons. The van der Waals surface area contributed by atoms with Crippen LogP contribution in [0.4, 0.5) is 5.69 Å². The average molecular weight is 250 g/mol. The molecule has 1 aliphatic heterocycles. The van der Waals surface area contributed by atoms with Crippen LogP contribution < -0.4 is 5.73 Å². The number of nitrogens with two attached hydrogens (primary N) is 1. The Morgan fingerprint density at radius 3 is 2.37 bits per heavy atom. The van der Waals surface area contributed by atoms with E-state index in [9.17, 15) is 0 Å². The summed E-state index contributed by atoms with van der Waals surface area (Å²) >= 11 is 0. The third-order valence-corrected chi connectivity index (χ3v) is 3.89. The van der Waals surface area contributed by atoms with Crippen LogP contribution in [0.15, 0.2) is 59.6 Å². The van der Waals surface area contributed by atoms with E-state index < -0.39 is 0 Å². The van der Waals surface area contributed by atoms with Gasteiger partial charge in [-0.05, 0) is 23.3 Å². The van der Waals surface area contributed by atoms with E-state index in [-0.39, 0.29) is 5.41 Å². The molecule has 0 saturated carbocycles. The molecule has 2 heteroatoms. The number of hydrogen-bond donors (Lipinski definition) is 1. The molecular weight excluding hydrogens is 232 g/mol. The fraction of sp³-hybridized carbons (Fsp3) is 0.235. The van der Waals surface area contributed by atoms with E-state index in [1.807, 2.05) is 12.1 Å². The monoisotopic (exact) mass is 250 g/mol. The summed E-state index contributed by atoms with van der Waals surface area (Å²) in [6.45, 7) is 3.15. The molecule has 2 aromatic rings. The highest BCUT2D eigenvalue weighted by Gasteiger charge is 2.33. The second kappa shape index (κ2) is 4.54. The third-order valence-electron chi connectivity index (χ3n) is 3.89. The number of hydrogen-bond acceptors (Lipinski definition) is 2. The van der Waals surface area contributed by atoms with Gasteiger partial charge in [-0.1, -0.05) is 49.4 Å². The molecule has 19 heavy (non-hydrogen) atoms. The summed E-state index contributed by atoms with van der Waals surface area (Å²) in [5.74, 6) is 0. The summed E-state index contributed by atoms with van der Waals surface area (Å²) in [5, 5.41) is 0. The van der Waals surface area contributed by atoms with Gasteiger partial charge in [-0.3, -0.25) is 4.99 Å². The lowest BCUT2D eigenvalue weighted by atomic mass is 9.79. The lowest BCUT2D eigenvalue weighted by molar-refractivity contribution is 0.536. The molecule has 1 atom stereocenters. The molecule has 0 spiro atoms. The smallest absolute Gasteiger partial charge is 0.0490 e. The fourth-order valence-corrected chi connectivity index (χ4v) is 2.65. The predicted molar refractivity (Wildman–Crippen MR) is 80.7 cm³/mol. The number of aliphatic imine (C=N–C) groups is 1. The van der Waals surface area contributed by atoms with Gasteiger partial charge in [-0.15, -0.1) is 0 Å². The summed E-state index contributed by atoms with van der Waals surface area (Å²) in [5.41, 5.74) is 10.4. The first-order valence-electron chi connectivity index (χ1n) is 6.62. The summed E-state index contributed by atoms with van der Waals surface area (Å²) in [6.07, 6.45) is 0.987. The summed E-state index contributed by atoms with van der Waals surface area (Å²) in [7, 11) is 0. The van der Waals surface area contributed by atoms with Gasteiger partial charge in [0, 0.05) is 29.8 Å². The Hall–Kier alpha value is -2.09. The van der Waals surface area contributed by atoms with E-state index >= 15 is 0 Å². The Morgan fingerprint density at radius 2 is 1.68 bits per heavy atom. The van der Waals surface area contributed by atoms with E-state index in [0.717, 1.165) is 18.7 Å². The van der Waals surface area contributed by atoms with Crippen LogP contribution in [0.25, 0.3) is 0 Å². The van der Waals surface area contributed by atoms with Gasteiger partial charge in [0.15, 0.2) is 0 Å². The van der Waals surface area contributed by atoms with Crippen molar-refractivity contribution in [2.45, 2.75) is 18.8 Å². The van der Waals surface area contributed by atoms with Crippen LogP contribution in [0.2, 0.25) is 0 Å². The SMILES string of the molecule is CC1(c2ccccc2)CN=C(c2ccc(N)cc2)C1. The first-order chi connectivity index (χ1) is 9.17. The van der Waals surface area contributed by atoms with Crippen molar-refractivity contribution >= 4 is 11.4 Å². The lowest BCUT2D eigenvalue weighted by Crippen LogP contribution is -2.23. The standard InChI is InChI=1S/C17H18N2/c1-17(14-5-3-2-4-6-14)11-16(19-12-17)13-7-9-15(18)10-8-13/h2-10H,11-12,18H2,1H3. The van der Waals surface area contributed by atoms with Crippen molar-refractivity contribution in [1.82, 2.24) is 0 Å². The molecule has 2 nitrogen and oxygen atoms in total. The van der Waals surface area contributed by atoms with Crippen molar-refractivity contribution in [2.75, 3.05) is 12.3 Å². The maximum absolute atomic E-state index is 5.73. The van der Waals surface area contributed by atoms with E-state index in [0.29, 0.717) is 0 Å². The van der Waals surface area contributed by atoms with Crippen LogP contribution in [0.3, 0.4) is 0 Å². The first kappa shape index (κ1) is 12.0. The van der Waals surface area contributed by atoms with Gasteiger partial charge in [0.2, 0.25) is 0 Å². The van der Waals surface area contributed by atoms with Crippen LogP contribution in [0, 0.1) is 0 Å². The van der Waals surface area contributed by atoms with Crippen molar-refractivity contribution in [3.8, 4) is 0 Å². The van der Waals surface area contributed by atoms with Crippen molar-refractivity contribution in [3.63, 3.8) is 0 Å². The summed E-state index contributed by atoms with van der Waals surface area (Å²) in [4.78, 5) is 4.74. The Labute approximate surface area is 114 Å². The van der Waals surface area contributed by atoms with E-state index in [1.165, 1.54) is 16.8 Å². The number of rotatable bonds is 2. The molecule has 0 bridgehead atoms. The quantitative estimate of drug-likeness (QED) is 0.815. The van der Waals surface area contributed by atoms with E-state index in [1.54, 1.807) is 0 Å². The lowest BCUT2D eigenvalue weighted by Gasteiger charge is -2.23. The van der Waals surface area contributed by atoms with E-state index in [2.05, 4.69) is 49.4 Å². The zero-order chi connectivity index (χ0) is 13.3. The highest BCUT2D eigenvalue weighted by molar-refractivity contribution is 6.02. The highest BCUT2D eigenvalue weighted by Crippen LogP contribution is 2.34. The van der Waals surface area contributed by atoms with Crippen LogP contribution in [0.1, 0.15) is 24.5 Å². The van der Waals surface area contributed by atoms with Gasteiger partial charge >= 0.3 is 0 Å². The zero-order valence-corrected chi connectivity index (χ0v) is 11.1. The van der Waals surface area contributed by atoms with Crippen LogP contribution in [-0.2, 0) is 5.41 Å². The van der Waals surface area contributed by atoms with Crippen molar-refractivity contribution in [1.29, 1.82) is 0 Å². The third kappa shape index (κ3) is 2.26. The Morgan fingerprint density at radius 1 is 1.00 bits per heavy atom. The molecule has 0 amide bonds. The number of benzene rings is 2. The van der Waals surface area contributed by atoms with Crippen molar-refractivity contribution in [3.05, 3.63) is 65.7 Å². The van der Waals surface area contributed by atoms with E-state index in [4.69, 9.17) is 10.7 Å². The largest absolute Gasteiger partial charge is 0.399 e. The van der Waals surface area contributed by atoms with Crippen molar-refractivity contribution in [2.24, 2.45) is 4.99 Å². The van der Waals surface area contributed by atoms with Crippen LogP contribution >= 0.6 is 0 Å². The van der Waals surface area contributed by atoms with Crippen molar-refractivity contribution < 1.29 is 0 Å². The molecule has 0 aromatic heterocycles. The number of nitrogen functional groups attached to an aromatic ring is 1. The molecular formula is C17H18N2. The molecule has 3 rings (SSSR count). The number of anilines is 1. The van der Waals surface area contributed by atoms with Gasteiger partial charge in [0.1, 0.15) is 0 Å². The zero-order valence-electron chi connectivity index (χ0n) is 11.1. The Bertz CT molecular complexity index is 599. The molecule has 2 N–H and O–H groups in total. The van der Waals surface area contributed by atoms with Gasteiger partial charge < -0.3 is 5.73 Å². The normalized spacial score (nSPS) is 22.3. The minimum atomic E-state index is 0.123. The molecule has 1 aliphatic rings. The first-order valence-corrected chi connectivity index (χ1v) is 6.62. The van der Waals surface area contributed by atoms with Gasteiger partial charge in [0.25, 0.3) is 0 Å². The minimum absolute atomic E-state index is 0.123. The molecule has 1 heterocycles. The molecule has 1 unspecified atom stereocenters. The van der Waals surface area contributed by atoms with Crippen LogP contribution in [0.5, 0.6) is 0 Å². The fourth-order valence-electron chi connectivity index (χ4n) is 2.65. The molecule has 0 fully saturated rings. The van der Waals surface area contributed by atoms with Crippen LogP contribution in [-0.4, -0.2) is 12.3 Å². The summed E-state index contributed by atoms with van der Waals surface area (Å²) in [6, 6.07) is 18.7. The second-order valence-corrected chi connectivity index (χ2v) is 5.49. The number of nitrogens with zero attached hydrogens (tertiary/aromatic N) is 1. The Balaban J connectivity index is 1.85. The molecule has 0 saturated heterocycles. The second-order valence-electron chi connectivity index (χ2n) is 5.49. The predicted octanol–water partition coefficient (Wildman–Crippen LogP) is 3.42. The maximum atomic E-state index is 5.73. The average Bonchev–Trinajstić information content (AvgIpc) is 2.85. The topological polar surface area (TPSA) is 38.4 Å². The molecule has 0 aliphatic carbocycles. The van der Waals surface area contributed by atoms with Gasteiger partial charge in [-0.2, -0.15) is 0 Å². The minimum Gasteiger partial charge on any atom is -0.399 e. The maximum Gasteiger partial charge on any atom is 0.0490 e. The summed E-state index contributed by atoms with van der Waals surface area (Å²) < 4.78 is 0. The molecule has 0 radical (unpaired) electrons. The van der Waals surface area contributed by atoms with Gasteiger partial charge in [-0.25, -0.2) is 0 Å². The van der Waals surface area contributed by atoms with Gasteiger partial charge in [0.05, 0.1) is 0 Å². The Kier molecular flexibility index (Phi) is 2.86. The molecule has 2 aromatic carbocycles. The highest BCUT2D eigenvalue weighted by atomic mass is 14.8.